The number of halogens is 3. The SMILES string of the molecule is CCCc1nc(Cl)cc(-c2cc(Br)ccc2F)n1. The van der Waals surface area contributed by atoms with Crippen LogP contribution in [0.4, 0.5) is 4.39 Å². The maximum absolute atomic E-state index is 13.8. The average Bonchev–Trinajstić information content (AvgIpc) is 2.32. The van der Waals surface area contributed by atoms with Gasteiger partial charge in [-0.3, -0.25) is 0 Å². The number of hydrogen-bond acceptors (Lipinski definition) is 2. The van der Waals surface area contributed by atoms with Crippen molar-refractivity contribution in [3.63, 3.8) is 0 Å². The van der Waals surface area contributed by atoms with Crippen LogP contribution >= 0.6 is 27.5 Å². The van der Waals surface area contributed by atoms with Crippen LogP contribution in [0.25, 0.3) is 11.3 Å². The Morgan fingerprint density at radius 1 is 1.28 bits per heavy atom. The molecule has 0 fully saturated rings. The van der Waals surface area contributed by atoms with Gasteiger partial charge in [0.1, 0.15) is 16.8 Å². The van der Waals surface area contributed by atoms with E-state index in [4.69, 9.17) is 11.6 Å². The molecule has 0 bridgehead atoms. The van der Waals surface area contributed by atoms with Crippen molar-refractivity contribution >= 4 is 27.5 Å². The number of hydrogen-bond donors (Lipinski definition) is 0. The molecule has 0 atom stereocenters. The van der Waals surface area contributed by atoms with E-state index < -0.39 is 0 Å². The number of rotatable bonds is 3. The van der Waals surface area contributed by atoms with E-state index >= 15 is 0 Å². The van der Waals surface area contributed by atoms with Gasteiger partial charge in [-0.2, -0.15) is 0 Å². The molecular weight excluding hydrogens is 319 g/mol. The van der Waals surface area contributed by atoms with Gasteiger partial charge in [-0.05, 0) is 24.6 Å². The van der Waals surface area contributed by atoms with E-state index in [9.17, 15) is 4.39 Å². The quantitative estimate of drug-likeness (QED) is 0.766. The largest absolute Gasteiger partial charge is 0.233 e. The highest BCUT2D eigenvalue weighted by Gasteiger charge is 2.10. The molecule has 1 aromatic carbocycles. The number of benzene rings is 1. The maximum Gasteiger partial charge on any atom is 0.133 e. The predicted molar refractivity (Wildman–Crippen MR) is 74.1 cm³/mol. The third-order valence-corrected chi connectivity index (χ3v) is 3.11. The van der Waals surface area contributed by atoms with E-state index in [2.05, 4.69) is 25.9 Å². The molecule has 1 heterocycles. The van der Waals surface area contributed by atoms with Gasteiger partial charge in [0.2, 0.25) is 0 Å². The van der Waals surface area contributed by atoms with Crippen LogP contribution in [0, 0.1) is 5.82 Å². The van der Waals surface area contributed by atoms with Crippen LogP contribution in [0.2, 0.25) is 5.15 Å². The van der Waals surface area contributed by atoms with E-state index in [1.807, 2.05) is 6.92 Å². The molecule has 0 aliphatic heterocycles. The van der Waals surface area contributed by atoms with Crippen LogP contribution in [0.1, 0.15) is 19.2 Å². The smallest absolute Gasteiger partial charge is 0.133 e. The van der Waals surface area contributed by atoms with Gasteiger partial charge >= 0.3 is 0 Å². The Bertz CT molecular complexity index is 575. The van der Waals surface area contributed by atoms with Crippen molar-refractivity contribution in [2.24, 2.45) is 0 Å². The van der Waals surface area contributed by atoms with Crippen molar-refractivity contribution in [1.82, 2.24) is 9.97 Å². The van der Waals surface area contributed by atoms with Crippen molar-refractivity contribution in [3.8, 4) is 11.3 Å². The van der Waals surface area contributed by atoms with E-state index in [0.717, 1.165) is 17.3 Å². The molecule has 0 aliphatic carbocycles. The average molecular weight is 330 g/mol. The van der Waals surface area contributed by atoms with Gasteiger partial charge in [0, 0.05) is 22.5 Å². The zero-order chi connectivity index (χ0) is 13.1. The topological polar surface area (TPSA) is 25.8 Å². The second-order valence-electron chi connectivity index (χ2n) is 3.87. The minimum atomic E-state index is -0.324. The maximum atomic E-state index is 13.8. The highest BCUT2D eigenvalue weighted by Crippen LogP contribution is 2.26. The lowest BCUT2D eigenvalue weighted by Crippen LogP contribution is -1.98. The summed E-state index contributed by atoms with van der Waals surface area (Å²) in [5.41, 5.74) is 0.934. The Morgan fingerprint density at radius 3 is 2.78 bits per heavy atom. The first-order chi connectivity index (χ1) is 8.60. The van der Waals surface area contributed by atoms with Crippen LogP contribution in [0.15, 0.2) is 28.7 Å². The summed E-state index contributed by atoms with van der Waals surface area (Å²) in [5, 5.41) is 0.336. The van der Waals surface area contributed by atoms with Crippen molar-refractivity contribution in [1.29, 1.82) is 0 Å². The van der Waals surface area contributed by atoms with Gasteiger partial charge in [-0.15, -0.1) is 0 Å². The third kappa shape index (κ3) is 3.06. The Labute approximate surface area is 118 Å². The second kappa shape index (κ2) is 5.76. The molecule has 94 valence electrons. The summed E-state index contributed by atoms with van der Waals surface area (Å²) in [7, 11) is 0. The van der Waals surface area contributed by atoms with E-state index in [0.29, 0.717) is 22.2 Å². The fourth-order valence-electron chi connectivity index (χ4n) is 1.63. The van der Waals surface area contributed by atoms with Crippen LogP contribution in [-0.4, -0.2) is 9.97 Å². The van der Waals surface area contributed by atoms with E-state index in [1.54, 1.807) is 18.2 Å². The minimum Gasteiger partial charge on any atom is -0.233 e. The molecule has 5 heteroatoms. The number of aryl methyl sites for hydroxylation is 1. The van der Waals surface area contributed by atoms with E-state index in [-0.39, 0.29) is 5.82 Å². The molecule has 0 radical (unpaired) electrons. The van der Waals surface area contributed by atoms with Gasteiger partial charge in [0.25, 0.3) is 0 Å². The summed E-state index contributed by atoms with van der Waals surface area (Å²) in [4.78, 5) is 8.46. The normalized spacial score (nSPS) is 10.7. The zero-order valence-corrected chi connectivity index (χ0v) is 12.1. The first-order valence-corrected chi connectivity index (χ1v) is 6.76. The summed E-state index contributed by atoms with van der Waals surface area (Å²) in [6, 6.07) is 6.30. The Kier molecular flexibility index (Phi) is 4.30. The first kappa shape index (κ1) is 13.4. The third-order valence-electron chi connectivity index (χ3n) is 2.42. The molecule has 0 unspecified atom stereocenters. The number of nitrogens with zero attached hydrogens (tertiary/aromatic N) is 2. The summed E-state index contributed by atoms with van der Waals surface area (Å²) in [5.74, 6) is 0.315. The van der Waals surface area contributed by atoms with Crippen molar-refractivity contribution in [2.45, 2.75) is 19.8 Å². The highest BCUT2D eigenvalue weighted by atomic mass is 79.9. The molecule has 0 spiro atoms. The van der Waals surface area contributed by atoms with Gasteiger partial charge in [0.05, 0.1) is 5.69 Å². The molecule has 0 saturated heterocycles. The van der Waals surface area contributed by atoms with Crippen LogP contribution < -0.4 is 0 Å². The molecule has 2 rings (SSSR count). The first-order valence-electron chi connectivity index (χ1n) is 5.59. The second-order valence-corrected chi connectivity index (χ2v) is 5.17. The zero-order valence-electron chi connectivity index (χ0n) is 9.75. The molecule has 0 aliphatic rings. The highest BCUT2D eigenvalue weighted by molar-refractivity contribution is 9.10. The molecule has 18 heavy (non-hydrogen) atoms. The molecule has 2 nitrogen and oxygen atoms in total. The lowest BCUT2D eigenvalue weighted by molar-refractivity contribution is 0.630. The summed E-state index contributed by atoms with van der Waals surface area (Å²) < 4.78 is 14.6. The monoisotopic (exact) mass is 328 g/mol. The molecular formula is C13H11BrClFN2. The van der Waals surface area contributed by atoms with Gasteiger partial charge in [-0.1, -0.05) is 34.5 Å². The Balaban J connectivity index is 2.52. The van der Waals surface area contributed by atoms with Gasteiger partial charge in [0.15, 0.2) is 0 Å². The lowest BCUT2D eigenvalue weighted by Gasteiger charge is -2.06. The van der Waals surface area contributed by atoms with Gasteiger partial charge in [-0.25, -0.2) is 14.4 Å². The van der Waals surface area contributed by atoms with Crippen LogP contribution in [0.3, 0.4) is 0 Å². The fraction of sp³-hybridized carbons (Fsp3) is 0.231. The van der Waals surface area contributed by atoms with Crippen LogP contribution in [-0.2, 0) is 6.42 Å². The van der Waals surface area contributed by atoms with Crippen molar-refractivity contribution < 1.29 is 4.39 Å². The molecule has 1 aromatic heterocycles. The fourth-order valence-corrected chi connectivity index (χ4v) is 2.19. The number of aromatic nitrogens is 2. The molecule has 2 aromatic rings. The lowest BCUT2D eigenvalue weighted by atomic mass is 10.1. The minimum absolute atomic E-state index is 0.324. The van der Waals surface area contributed by atoms with Crippen molar-refractivity contribution in [3.05, 3.63) is 45.5 Å². The van der Waals surface area contributed by atoms with Crippen LogP contribution in [0.5, 0.6) is 0 Å². The molecule has 0 N–H and O–H groups in total. The summed E-state index contributed by atoms with van der Waals surface area (Å²) >= 11 is 9.26. The summed E-state index contributed by atoms with van der Waals surface area (Å²) in [6.45, 7) is 2.03. The Morgan fingerprint density at radius 2 is 2.06 bits per heavy atom. The van der Waals surface area contributed by atoms with Gasteiger partial charge < -0.3 is 0 Å². The standard InChI is InChI=1S/C13H11BrClFN2/c1-2-3-13-17-11(7-12(15)18-13)9-6-8(14)4-5-10(9)16/h4-7H,2-3H2,1H3. The molecule has 0 saturated carbocycles. The Hall–Kier alpha value is -1.00. The van der Waals surface area contributed by atoms with Crippen molar-refractivity contribution in [2.75, 3.05) is 0 Å². The molecule has 0 amide bonds. The predicted octanol–water partition coefficient (Wildman–Crippen LogP) is 4.65. The summed E-state index contributed by atoms with van der Waals surface area (Å²) in [6.07, 6.45) is 1.64. The van der Waals surface area contributed by atoms with E-state index in [1.165, 1.54) is 6.07 Å².